The van der Waals surface area contributed by atoms with Crippen molar-refractivity contribution in [3.05, 3.63) is 48.0 Å². The lowest BCUT2D eigenvalue weighted by Gasteiger charge is -2.21. The molecule has 1 aliphatic heterocycles. The number of carbonyl (C=O) groups is 2. The van der Waals surface area contributed by atoms with Crippen LogP contribution in [0.25, 0.3) is 0 Å². The number of carbonyl (C=O) groups excluding carboxylic acids is 2. The van der Waals surface area contributed by atoms with E-state index in [0.29, 0.717) is 30.3 Å². The molecule has 0 spiro atoms. The zero-order valence-electron chi connectivity index (χ0n) is 14.5. The standard InChI is InChI=1S/C20H20N2O4/c1-13(23)21-15-3-2-4-16(12-15)22-19(24)20(7-8-20)14-5-6-17-18(11-14)26-10-9-25-17/h2-6,11-12H,7-10H2,1H3,(H,21,23)(H,22,24). The van der Waals surface area contributed by atoms with E-state index < -0.39 is 5.41 Å². The first kappa shape index (κ1) is 16.4. The fourth-order valence-corrected chi connectivity index (χ4v) is 3.24. The van der Waals surface area contributed by atoms with Crippen LogP contribution >= 0.6 is 0 Å². The maximum absolute atomic E-state index is 12.9. The fraction of sp³-hybridized carbons (Fsp3) is 0.300. The summed E-state index contributed by atoms with van der Waals surface area (Å²) in [5.74, 6) is 1.22. The summed E-state index contributed by atoms with van der Waals surface area (Å²) in [7, 11) is 0. The van der Waals surface area contributed by atoms with Gasteiger partial charge in [-0.1, -0.05) is 12.1 Å². The summed E-state index contributed by atoms with van der Waals surface area (Å²) in [4.78, 5) is 24.1. The topological polar surface area (TPSA) is 76.7 Å². The molecule has 1 saturated carbocycles. The van der Waals surface area contributed by atoms with Gasteiger partial charge >= 0.3 is 0 Å². The second kappa shape index (κ2) is 6.37. The van der Waals surface area contributed by atoms with Crippen molar-refractivity contribution >= 4 is 23.2 Å². The second-order valence-electron chi connectivity index (χ2n) is 6.66. The monoisotopic (exact) mass is 352 g/mol. The number of fused-ring (bicyclic) bond motifs is 1. The first-order valence-corrected chi connectivity index (χ1v) is 8.66. The Bertz CT molecular complexity index is 874. The molecular weight excluding hydrogens is 332 g/mol. The molecule has 1 heterocycles. The Labute approximate surface area is 151 Å². The van der Waals surface area contributed by atoms with E-state index in [1.807, 2.05) is 24.3 Å². The number of amides is 2. The van der Waals surface area contributed by atoms with Crippen LogP contribution in [0.1, 0.15) is 25.3 Å². The highest BCUT2D eigenvalue weighted by atomic mass is 16.6. The molecular formula is C20H20N2O4. The van der Waals surface area contributed by atoms with Gasteiger partial charge in [0.15, 0.2) is 11.5 Å². The van der Waals surface area contributed by atoms with Gasteiger partial charge < -0.3 is 20.1 Å². The minimum atomic E-state index is -0.528. The Morgan fingerprint density at radius 1 is 0.923 bits per heavy atom. The van der Waals surface area contributed by atoms with Crippen molar-refractivity contribution in [3.8, 4) is 11.5 Å². The fourth-order valence-electron chi connectivity index (χ4n) is 3.24. The molecule has 2 amide bonds. The van der Waals surface area contributed by atoms with Crippen molar-refractivity contribution in [2.45, 2.75) is 25.2 Å². The minimum absolute atomic E-state index is 0.0471. The summed E-state index contributed by atoms with van der Waals surface area (Å²) in [6.07, 6.45) is 1.59. The third-order valence-electron chi connectivity index (χ3n) is 4.72. The average Bonchev–Trinajstić information content (AvgIpc) is 3.43. The molecule has 2 aromatic carbocycles. The van der Waals surface area contributed by atoms with Crippen LogP contribution in [0.4, 0.5) is 11.4 Å². The minimum Gasteiger partial charge on any atom is -0.486 e. The molecule has 0 aromatic heterocycles. The molecule has 0 bridgehead atoms. The maximum atomic E-state index is 12.9. The van der Waals surface area contributed by atoms with Crippen LogP contribution < -0.4 is 20.1 Å². The smallest absolute Gasteiger partial charge is 0.235 e. The van der Waals surface area contributed by atoms with E-state index in [1.165, 1.54) is 6.92 Å². The molecule has 134 valence electrons. The van der Waals surface area contributed by atoms with Crippen LogP contribution in [0, 0.1) is 0 Å². The molecule has 0 radical (unpaired) electrons. The van der Waals surface area contributed by atoms with Gasteiger partial charge in [-0.3, -0.25) is 9.59 Å². The van der Waals surface area contributed by atoms with Gasteiger partial charge in [-0.25, -0.2) is 0 Å². The number of nitrogens with one attached hydrogen (secondary N) is 2. The quantitative estimate of drug-likeness (QED) is 0.886. The lowest BCUT2D eigenvalue weighted by Crippen LogP contribution is -2.28. The van der Waals surface area contributed by atoms with Gasteiger partial charge in [0, 0.05) is 18.3 Å². The molecule has 2 N–H and O–H groups in total. The van der Waals surface area contributed by atoms with E-state index in [4.69, 9.17) is 9.47 Å². The van der Waals surface area contributed by atoms with Gasteiger partial charge in [0.25, 0.3) is 0 Å². The van der Waals surface area contributed by atoms with Crippen LogP contribution in [-0.2, 0) is 15.0 Å². The Kier molecular flexibility index (Phi) is 4.03. The summed E-state index contributed by atoms with van der Waals surface area (Å²) in [6, 6.07) is 12.9. The van der Waals surface area contributed by atoms with Crippen molar-refractivity contribution in [3.63, 3.8) is 0 Å². The normalized spacial score (nSPS) is 16.5. The molecule has 1 fully saturated rings. The molecule has 0 unspecified atom stereocenters. The van der Waals surface area contributed by atoms with Gasteiger partial charge in [0.05, 0.1) is 5.41 Å². The predicted molar refractivity (Wildman–Crippen MR) is 97.7 cm³/mol. The first-order chi connectivity index (χ1) is 12.6. The molecule has 1 aliphatic carbocycles. The third-order valence-corrected chi connectivity index (χ3v) is 4.72. The highest BCUT2D eigenvalue weighted by Crippen LogP contribution is 2.50. The lowest BCUT2D eigenvalue weighted by atomic mass is 9.94. The Morgan fingerprint density at radius 2 is 1.62 bits per heavy atom. The average molecular weight is 352 g/mol. The highest BCUT2D eigenvalue weighted by molar-refractivity contribution is 6.02. The van der Waals surface area contributed by atoms with Crippen molar-refractivity contribution in [1.29, 1.82) is 0 Å². The molecule has 26 heavy (non-hydrogen) atoms. The number of benzene rings is 2. The van der Waals surface area contributed by atoms with Gasteiger partial charge in [-0.05, 0) is 48.7 Å². The van der Waals surface area contributed by atoms with Gasteiger partial charge in [-0.2, -0.15) is 0 Å². The number of hydrogen-bond acceptors (Lipinski definition) is 4. The Balaban J connectivity index is 1.54. The van der Waals surface area contributed by atoms with E-state index in [-0.39, 0.29) is 11.8 Å². The van der Waals surface area contributed by atoms with E-state index in [2.05, 4.69) is 10.6 Å². The van der Waals surface area contributed by atoms with E-state index >= 15 is 0 Å². The van der Waals surface area contributed by atoms with Crippen LogP contribution in [0.15, 0.2) is 42.5 Å². The Hall–Kier alpha value is -3.02. The SMILES string of the molecule is CC(=O)Nc1cccc(NC(=O)C2(c3ccc4c(c3)OCCO4)CC2)c1. The van der Waals surface area contributed by atoms with Crippen LogP contribution in [0.2, 0.25) is 0 Å². The van der Waals surface area contributed by atoms with Crippen molar-refractivity contribution < 1.29 is 19.1 Å². The number of ether oxygens (including phenoxy) is 2. The number of hydrogen-bond donors (Lipinski definition) is 2. The summed E-state index contributed by atoms with van der Waals surface area (Å²) >= 11 is 0. The van der Waals surface area contributed by atoms with Gasteiger partial charge in [0.1, 0.15) is 13.2 Å². The van der Waals surface area contributed by atoms with Gasteiger partial charge in [-0.15, -0.1) is 0 Å². The van der Waals surface area contributed by atoms with Crippen LogP contribution in [-0.4, -0.2) is 25.0 Å². The van der Waals surface area contributed by atoms with Crippen molar-refractivity contribution in [2.75, 3.05) is 23.8 Å². The van der Waals surface area contributed by atoms with Gasteiger partial charge in [0.2, 0.25) is 11.8 Å². The summed E-state index contributed by atoms with van der Waals surface area (Å²) in [5, 5.41) is 5.69. The molecule has 0 saturated heterocycles. The number of anilines is 2. The van der Waals surface area contributed by atoms with E-state index in [1.54, 1.807) is 18.2 Å². The first-order valence-electron chi connectivity index (χ1n) is 8.66. The number of rotatable bonds is 4. The zero-order valence-corrected chi connectivity index (χ0v) is 14.5. The summed E-state index contributed by atoms with van der Waals surface area (Å²) < 4.78 is 11.2. The molecule has 6 nitrogen and oxygen atoms in total. The zero-order chi connectivity index (χ0) is 18.1. The molecule has 2 aliphatic rings. The third kappa shape index (κ3) is 3.10. The molecule has 2 aromatic rings. The lowest BCUT2D eigenvalue weighted by molar-refractivity contribution is -0.118. The second-order valence-corrected chi connectivity index (χ2v) is 6.66. The summed E-state index contributed by atoms with van der Waals surface area (Å²) in [5.41, 5.74) is 1.72. The predicted octanol–water partition coefficient (Wildman–Crippen LogP) is 3.09. The van der Waals surface area contributed by atoms with E-state index in [0.717, 1.165) is 24.2 Å². The maximum Gasteiger partial charge on any atom is 0.235 e. The molecule has 6 heteroatoms. The van der Waals surface area contributed by atoms with Crippen LogP contribution in [0.3, 0.4) is 0 Å². The summed E-state index contributed by atoms with van der Waals surface area (Å²) in [6.45, 7) is 2.51. The van der Waals surface area contributed by atoms with Crippen molar-refractivity contribution in [1.82, 2.24) is 0 Å². The van der Waals surface area contributed by atoms with Crippen LogP contribution in [0.5, 0.6) is 11.5 Å². The van der Waals surface area contributed by atoms with Crippen molar-refractivity contribution in [2.24, 2.45) is 0 Å². The van der Waals surface area contributed by atoms with E-state index in [9.17, 15) is 9.59 Å². The molecule has 4 rings (SSSR count). The molecule has 0 atom stereocenters. The Morgan fingerprint density at radius 3 is 2.31 bits per heavy atom. The highest BCUT2D eigenvalue weighted by Gasteiger charge is 2.51. The largest absolute Gasteiger partial charge is 0.486 e.